The first kappa shape index (κ1) is 13.0. The average Bonchev–Trinajstić information content (AvgIpc) is 2.17. The van der Waals surface area contributed by atoms with Crippen molar-refractivity contribution in [3.63, 3.8) is 0 Å². The van der Waals surface area contributed by atoms with Crippen LogP contribution in [0.2, 0.25) is 0 Å². The van der Waals surface area contributed by atoms with E-state index >= 15 is 0 Å². The van der Waals surface area contributed by atoms with Gasteiger partial charge in [-0.3, -0.25) is 4.55 Å². The van der Waals surface area contributed by atoms with Crippen molar-refractivity contribution in [3.8, 4) is 0 Å². The molecule has 1 aromatic rings. The maximum absolute atomic E-state index is 10.7. The van der Waals surface area contributed by atoms with Crippen LogP contribution < -0.4 is 4.90 Å². The second kappa shape index (κ2) is 5.32. The number of aryl methyl sites for hydroxylation is 1. The average molecular weight is 243 g/mol. The molecule has 0 fully saturated rings. The highest BCUT2D eigenvalue weighted by molar-refractivity contribution is 7.85. The van der Waals surface area contributed by atoms with Gasteiger partial charge in [-0.1, -0.05) is 12.1 Å². The predicted molar refractivity (Wildman–Crippen MR) is 65.5 cm³/mol. The Bertz CT molecular complexity index is 442. The molecule has 5 heteroatoms. The minimum atomic E-state index is -3.89. The molecule has 0 heterocycles. The summed E-state index contributed by atoms with van der Waals surface area (Å²) in [6.45, 7) is 4.95. The molecule has 0 atom stereocenters. The molecule has 0 aliphatic heterocycles. The van der Waals surface area contributed by atoms with E-state index in [0.717, 1.165) is 11.3 Å². The van der Waals surface area contributed by atoms with Crippen LogP contribution in [-0.2, 0) is 10.1 Å². The van der Waals surface area contributed by atoms with Gasteiger partial charge in [-0.25, -0.2) is 0 Å². The number of benzene rings is 1. The van der Waals surface area contributed by atoms with E-state index < -0.39 is 10.1 Å². The Balaban J connectivity index is 2.75. The zero-order chi connectivity index (χ0) is 12.2. The van der Waals surface area contributed by atoms with Gasteiger partial charge in [-0.15, -0.1) is 0 Å². The van der Waals surface area contributed by atoms with Crippen LogP contribution in [0.25, 0.3) is 0 Å². The van der Waals surface area contributed by atoms with E-state index in [2.05, 4.69) is 0 Å². The van der Waals surface area contributed by atoms with E-state index in [-0.39, 0.29) is 5.75 Å². The van der Waals surface area contributed by atoms with Gasteiger partial charge >= 0.3 is 0 Å². The molecule has 0 saturated carbocycles. The van der Waals surface area contributed by atoms with Crippen LogP contribution in [0.4, 0.5) is 5.69 Å². The number of rotatable bonds is 5. The van der Waals surface area contributed by atoms with Gasteiger partial charge in [0, 0.05) is 18.8 Å². The first-order valence-corrected chi connectivity index (χ1v) is 6.80. The summed E-state index contributed by atoms with van der Waals surface area (Å²) < 4.78 is 30.1. The van der Waals surface area contributed by atoms with Gasteiger partial charge in [0.15, 0.2) is 0 Å². The van der Waals surface area contributed by atoms with Crippen molar-refractivity contribution in [2.45, 2.75) is 13.8 Å². The molecule has 0 saturated heterocycles. The maximum atomic E-state index is 10.7. The van der Waals surface area contributed by atoms with Crippen molar-refractivity contribution in [2.24, 2.45) is 0 Å². The molecule has 0 aliphatic carbocycles. The molecule has 0 radical (unpaired) electrons. The SMILES string of the molecule is CCN(CCS(=O)(=O)O)c1cccc(C)c1. The Morgan fingerprint density at radius 1 is 1.38 bits per heavy atom. The van der Waals surface area contributed by atoms with Crippen molar-refractivity contribution < 1.29 is 13.0 Å². The van der Waals surface area contributed by atoms with Gasteiger partial charge in [-0.05, 0) is 31.5 Å². The van der Waals surface area contributed by atoms with Crippen LogP contribution in [0.1, 0.15) is 12.5 Å². The van der Waals surface area contributed by atoms with Crippen LogP contribution in [0.3, 0.4) is 0 Å². The number of hydrogen-bond donors (Lipinski definition) is 1. The lowest BCUT2D eigenvalue weighted by Crippen LogP contribution is -2.28. The Labute approximate surface area is 96.6 Å². The van der Waals surface area contributed by atoms with Gasteiger partial charge in [0.1, 0.15) is 0 Å². The quantitative estimate of drug-likeness (QED) is 0.800. The fraction of sp³-hybridized carbons (Fsp3) is 0.455. The molecule has 0 bridgehead atoms. The number of nitrogens with zero attached hydrogens (tertiary/aromatic N) is 1. The minimum absolute atomic E-state index is 0.241. The molecule has 90 valence electrons. The highest BCUT2D eigenvalue weighted by Crippen LogP contribution is 2.15. The van der Waals surface area contributed by atoms with Gasteiger partial charge in [-0.2, -0.15) is 8.42 Å². The first-order chi connectivity index (χ1) is 7.42. The lowest BCUT2D eigenvalue weighted by Gasteiger charge is -2.22. The lowest BCUT2D eigenvalue weighted by molar-refractivity contribution is 0.482. The molecule has 4 nitrogen and oxygen atoms in total. The van der Waals surface area contributed by atoms with Gasteiger partial charge in [0.05, 0.1) is 5.75 Å². The van der Waals surface area contributed by atoms with Gasteiger partial charge in [0.25, 0.3) is 10.1 Å². The van der Waals surface area contributed by atoms with Crippen LogP contribution >= 0.6 is 0 Å². The molecule has 0 aromatic heterocycles. The summed E-state index contributed by atoms with van der Waals surface area (Å²) in [5.74, 6) is -0.241. The van der Waals surface area contributed by atoms with Crippen LogP contribution in [-0.4, -0.2) is 31.8 Å². The van der Waals surface area contributed by atoms with Crippen molar-refractivity contribution in [1.82, 2.24) is 0 Å². The monoisotopic (exact) mass is 243 g/mol. The third-order valence-electron chi connectivity index (χ3n) is 2.37. The molecular weight excluding hydrogens is 226 g/mol. The molecule has 1 rings (SSSR count). The van der Waals surface area contributed by atoms with E-state index in [1.807, 2.05) is 43.0 Å². The summed E-state index contributed by atoms with van der Waals surface area (Å²) in [7, 11) is -3.89. The van der Waals surface area contributed by atoms with Gasteiger partial charge < -0.3 is 4.90 Å². The summed E-state index contributed by atoms with van der Waals surface area (Å²) in [6.07, 6.45) is 0. The Morgan fingerprint density at radius 3 is 2.56 bits per heavy atom. The van der Waals surface area contributed by atoms with E-state index in [4.69, 9.17) is 4.55 Å². The van der Waals surface area contributed by atoms with Crippen molar-refractivity contribution >= 4 is 15.8 Å². The summed E-state index contributed by atoms with van der Waals surface area (Å²) in [5, 5.41) is 0. The summed E-state index contributed by atoms with van der Waals surface area (Å²) in [5.41, 5.74) is 2.11. The fourth-order valence-electron chi connectivity index (χ4n) is 1.52. The topological polar surface area (TPSA) is 57.6 Å². The fourth-order valence-corrected chi connectivity index (χ4v) is 1.97. The van der Waals surface area contributed by atoms with Crippen LogP contribution in [0.15, 0.2) is 24.3 Å². The smallest absolute Gasteiger partial charge is 0.266 e. The van der Waals surface area contributed by atoms with Crippen LogP contribution in [0, 0.1) is 6.92 Å². The van der Waals surface area contributed by atoms with E-state index in [0.29, 0.717) is 13.1 Å². The lowest BCUT2D eigenvalue weighted by atomic mass is 10.2. The summed E-state index contributed by atoms with van der Waals surface area (Å²) in [4.78, 5) is 1.92. The summed E-state index contributed by atoms with van der Waals surface area (Å²) in [6, 6.07) is 7.84. The second-order valence-corrected chi connectivity index (χ2v) is 5.28. The molecule has 1 N–H and O–H groups in total. The third-order valence-corrected chi connectivity index (χ3v) is 3.07. The highest BCUT2D eigenvalue weighted by atomic mass is 32.2. The molecule has 1 aromatic carbocycles. The molecule has 0 unspecified atom stereocenters. The van der Waals surface area contributed by atoms with Gasteiger partial charge in [0.2, 0.25) is 0 Å². The minimum Gasteiger partial charge on any atom is -0.371 e. The normalized spacial score (nSPS) is 11.4. The molecule has 0 spiro atoms. The molecule has 0 amide bonds. The molecule has 0 aliphatic rings. The molecular formula is C11H17NO3S. The Hall–Kier alpha value is -1.07. The standard InChI is InChI=1S/C11H17NO3S/c1-3-12(7-8-16(13,14)15)11-6-4-5-10(2)9-11/h4-6,9H,3,7-8H2,1-2H3,(H,13,14,15). The maximum Gasteiger partial charge on any atom is 0.266 e. The summed E-state index contributed by atoms with van der Waals surface area (Å²) >= 11 is 0. The van der Waals surface area contributed by atoms with E-state index in [9.17, 15) is 8.42 Å². The molecule has 16 heavy (non-hydrogen) atoms. The number of hydrogen-bond acceptors (Lipinski definition) is 3. The Kier molecular flexibility index (Phi) is 4.32. The van der Waals surface area contributed by atoms with E-state index in [1.165, 1.54) is 0 Å². The van der Waals surface area contributed by atoms with Crippen molar-refractivity contribution in [3.05, 3.63) is 29.8 Å². The zero-order valence-corrected chi connectivity index (χ0v) is 10.4. The second-order valence-electron chi connectivity index (χ2n) is 3.70. The number of anilines is 1. The zero-order valence-electron chi connectivity index (χ0n) is 9.55. The first-order valence-electron chi connectivity index (χ1n) is 5.19. The highest BCUT2D eigenvalue weighted by Gasteiger charge is 2.09. The largest absolute Gasteiger partial charge is 0.371 e. The van der Waals surface area contributed by atoms with Crippen LogP contribution in [0.5, 0.6) is 0 Å². The third kappa shape index (κ3) is 4.20. The van der Waals surface area contributed by atoms with E-state index in [1.54, 1.807) is 0 Å². The van der Waals surface area contributed by atoms with Crippen molar-refractivity contribution in [1.29, 1.82) is 0 Å². The Morgan fingerprint density at radius 2 is 2.06 bits per heavy atom. The van der Waals surface area contributed by atoms with Crippen molar-refractivity contribution in [2.75, 3.05) is 23.7 Å². The predicted octanol–water partition coefficient (Wildman–Crippen LogP) is 1.71.